The fraction of sp³-hybridized carbons (Fsp3) is 0.600. The second kappa shape index (κ2) is 6.78. The molecule has 4 nitrogen and oxygen atoms in total. The summed E-state index contributed by atoms with van der Waals surface area (Å²) in [5, 5.41) is 13.5. The molecule has 0 aromatic heterocycles. The maximum Gasteiger partial charge on any atom is 0.161 e. The van der Waals surface area contributed by atoms with E-state index in [1.165, 1.54) is 0 Å². The summed E-state index contributed by atoms with van der Waals surface area (Å²) in [6, 6.07) is 6.07. The Kier molecular flexibility index (Phi) is 5.05. The van der Waals surface area contributed by atoms with Crippen LogP contribution in [-0.4, -0.2) is 30.9 Å². The number of nitrogens with one attached hydrogen (secondary N) is 1. The van der Waals surface area contributed by atoms with Crippen LogP contribution < -0.4 is 14.8 Å². The molecule has 1 aromatic rings. The molecule has 1 aliphatic rings. The topological polar surface area (TPSA) is 50.7 Å². The lowest BCUT2D eigenvalue weighted by Crippen LogP contribution is -2.29. The van der Waals surface area contributed by atoms with E-state index in [0.29, 0.717) is 25.8 Å². The standard InChI is InChI=1S/C15H23NO3/c1-3-11(2)16-10-13(17)12-5-6-14-15(9-12)19-8-4-7-18-14/h5-6,9,11,13,16-17H,3-4,7-8,10H2,1-2H3. The van der Waals surface area contributed by atoms with Gasteiger partial charge in [0.1, 0.15) is 0 Å². The highest BCUT2D eigenvalue weighted by atomic mass is 16.5. The van der Waals surface area contributed by atoms with Crippen LogP contribution in [0.25, 0.3) is 0 Å². The number of fused-ring (bicyclic) bond motifs is 1. The molecule has 0 saturated carbocycles. The van der Waals surface area contributed by atoms with E-state index in [9.17, 15) is 5.11 Å². The van der Waals surface area contributed by atoms with Crippen molar-refractivity contribution in [2.45, 2.75) is 38.8 Å². The van der Waals surface area contributed by atoms with Crippen LogP contribution in [0, 0.1) is 0 Å². The SMILES string of the molecule is CCC(C)NCC(O)c1ccc2c(c1)OCCCO2. The first-order chi connectivity index (χ1) is 9.20. The van der Waals surface area contributed by atoms with Crippen molar-refractivity contribution in [1.29, 1.82) is 0 Å². The second-order valence-electron chi connectivity index (χ2n) is 4.99. The van der Waals surface area contributed by atoms with Crippen molar-refractivity contribution >= 4 is 0 Å². The third-order valence-corrected chi connectivity index (χ3v) is 3.43. The van der Waals surface area contributed by atoms with Crippen LogP contribution in [0.1, 0.15) is 38.4 Å². The predicted octanol–water partition coefficient (Wildman–Crippen LogP) is 2.27. The number of hydrogen-bond donors (Lipinski definition) is 2. The third-order valence-electron chi connectivity index (χ3n) is 3.43. The number of benzene rings is 1. The van der Waals surface area contributed by atoms with Crippen molar-refractivity contribution < 1.29 is 14.6 Å². The molecule has 0 bridgehead atoms. The molecule has 0 saturated heterocycles. The minimum atomic E-state index is -0.522. The van der Waals surface area contributed by atoms with E-state index >= 15 is 0 Å². The summed E-state index contributed by atoms with van der Waals surface area (Å²) >= 11 is 0. The summed E-state index contributed by atoms with van der Waals surface area (Å²) in [7, 11) is 0. The zero-order chi connectivity index (χ0) is 13.7. The summed E-state index contributed by atoms with van der Waals surface area (Å²) < 4.78 is 11.2. The zero-order valence-electron chi connectivity index (χ0n) is 11.7. The van der Waals surface area contributed by atoms with Crippen LogP contribution >= 0.6 is 0 Å². The molecule has 2 N–H and O–H groups in total. The number of rotatable bonds is 5. The average molecular weight is 265 g/mol. The van der Waals surface area contributed by atoms with Gasteiger partial charge in [-0.05, 0) is 31.0 Å². The molecule has 2 rings (SSSR count). The van der Waals surface area contributed by atoms with Crippen LogP contribution in [-0.2, 0) is 0 Å². The van der Waals surface area contributed by atoms with Gasteiger partial charge in [0, 0.05) is 19.0 Å². The van der Waals surface area contributed by atoms with E-state index in [1.807, 2.05) is 18.2 Å². The number of aliphatic hydroxyl groups is 1. The second-order valence-corrected chi connectivity index (χ2v) is 4.99. The minimum absolute atomic E-state index is 0.412. The van der Waals surface area contributed by atoms with E-state index in [4.69, 9.17) is 9.47 Å². The van der Waals surface area contributed by atoms with Crippen LogP contribution in [0.15, 0.2) is 18.2 Å². The normalized spacial score (nSPS) is 17.6. The van der Waals surface area contributed by atoms with Gasteiger partial charge in [-0.25, -0.2) is 0 Å². The fourth-order valence-electron chi connectivity index (χ4n) is 1.96. The van der Waals surface area contributed by atoms with Gasteiger partial charge in [0.25, 0.3) is 0 Å². The lowest BCUT2D eigenvalue weighted by molar-refractivity contribution is 0.170. The Labute approximate surface area is 114 Å². The summed E-state index contributed by atoms with van der Waals surface area (Å²) in [4.78, 5) is 0. The Bertz CT molecular complexity index is 408. The summed E-state index contributed by atoms with van der Waals surface area (Å²) in [6.07, 6.45) is 1.42. The molecular weight excluding hydrogens is 242 g/mol. The summed E-state index contributed by atoms with van der Waals surface area (Å²) in [5.74, 6) is 1.50. The Hall–Kier alpha value is -1.26. The molecule has 2 atom stereocenters. The Balaban J connectivity index is 2.02. The molecular formula is C15H23NO3. The van der Waals surface area contributed by atoms with Crippen LogP contribution in [0.4, 0.5) is 0 Å². The molecule has 1 aliphatic heterocycles. The lowest BCUT2D eigenvalue weighted by atomic mass is 10.1. The van der Waals surface area contributed by atoms with Crippen LogP contribution in [0.3, 0.4) is 0 Å². The number of ether oxygens (including phenoxy) is 2. The highest BCUT2D eigenvalue weighted by molar-refractivity contribution is 5.44. The summed E-state index contributed by atoms with van der Waals surface area (Å²) in [5.41, 5.74) is 0.861. The van der Waals surface area contributed by atoms with E-state index < -0.39 is 6.10 Å². The maximum atomic E-state index is 10.2. The molecule has 0 spiro atoms. The molecule has 19 heavy (non-hydrogen) atoms. The molecule has 106 valence electrons. The van der Waals surface area contributed by atoms with Gasteiger partial charge in [0.15, 0.2) is 11.5 Å². The van der Waals surface area contributed by atoms with Gasteiger partial charge in [-0.2, -0.15) is 0 Å². The smallest absolute Gasteiger partial charge is 0.161 e. The van der Waals surface area contributed by atoms with E-state index in [1.54, 1.807) is 0 Å². The van der Waals surface area contributed by atoms with Gasteiger partial charge >= 0.3 is 0 Å². The number of hydrogen-bond acceptors (Lipinski definition) is 4. The molecule has 4 heteroatoms. The van der Waals surface area contributed by atoms with Crippen molar-refractivity contribution in [3.63, 3.8) is 0 Å². The molecule has 2 unspecified atom stereocenters. The minimum Gasteiger partial charge on any atom is -0.490 e. The van der Waals surface area contributed by atoms with Crippen molar-refractivity contribution in [3.05, 3.63) is 23.8 Å². The Morgan fingerprint density at radius 1 is 1.26 bits per heavy atom. The molecule has 1 heterocycles. The first kappa shape index (κ1) is 14.2. The van der Waals surface area contributed by atoms with Gasteiger partial charge < -0.3 is 19.9 Å². The van der Waals surface area contributed by atoms with Gasteiger partial charge in [-0.1, -0.05) is 13.0 Å². The largest absolute Gasteiger partial charge is 0.490 e. The Morgan fingerprint density at radius 2 is 2.00 bits per heavy atom. The van der Waals surface area contributed by atoms with Crippen LogP contribution in [0.2, 0.25) is 0 Å². The first-order valence-electron chi connectivity index (χ1n) is 7.01. The maximum absolute atomic E-state index is 10.2. The fourth-order valence-corrected chi connectivity index (χ4v) is 1.96. The van der Waals surface area contributed by atoms with Crippen molar-refractivity contribution in [2.24, 2.45) is 0 Å². The molecule has 1 aromatic carbocycles. The van der Waals surface area contributed by atoms with Crippen LogP contribution in [0.5, 0.6) is 11.5 Å². The third kappa shape index (κ3) is 3.85. The molecule has 0 aliphatic carbocycles. The highest BCUT2D eigenvalue weighted by Gasteiger charge is 2.14. The monoisotopic (exact) mass is 265 g/mol. The molecule has 0 amide bonds. The quantitative estimate of drug-likeness (QED) is 0.857. The van der Waals surface area contributed by atoms with Gasteiger partial charge in [0.05, 0.1) is 19.3 Å². The van der Waals surface area contributed by atoms with Gasteiger partial charge in [0.2, 0.25) is 0 Å². The molecule has 0 radical (unpaired) electrons. The first-order valence-corrected chi connectivity index (χ1v) is 7.01. The average Bonchev–Trinajstić information content (AvgIpc) is 2.68. The van der Waals surface area contributed by atoms with Gasteiger partial charge in [-0.15, -0.1) is 0 Å². The number of aliphatic hydroxyl groups excluding tert-OH is 1. The highest BCUT2D eigenvalue weighted by Crippen LogP contribution is 2.32. The van der Waals surface area contributed by atoms with Crippen molar-refractivity contribution in [2.75, 3.05) is 19.8 Å². The summed E-state index contributed by atoms with van der Waals surface area (Å²) in [6.45, 7) is 6.13. The molecule has 0 fully saturated rings. The van der Waals surface area contributed by atoms with E-state index in [2.05, 4.69) is 19.2 Å². The predicted molar refractivity (Wildman–Crippen MR) is 74.8 cm³/mol. The zero-order valence-corrected chi connectivity index (χ0v) is 11.7. The van der Waals surface area contributed by atoms with Crippen molar-refractivity contribution in [3.8, 4) is 11.5 Å². The van der Waals surface area contributed by atoms with Crippen molar-refractivity contribution in [1.82, 2.24) is 5.32 Å². The van der Waals surface area contributed by atoms with Gasteiger partial charge in [-0.3, -0.25) is 0 Å². The Morgan fingerprint density at radius 3 is 2.74 bits per heavy atom. The lowest BCUT2D eigenvalue weighted by Gasteiger charge is -2.17. The van der Waals surface area contributed by atoms with E-state index in [0.717, 1.165) is 29.9 Å². The van der Waals surface area contributed by atoms with E-state index in [-0.39, 0.29) is 0 Å².